The zero-order chi connectivity index (χ0) is 16.1. The number of anilines is 1. The van der Waals surface area contributed by atoms with Gasteiger partial charge in [-0.3, -0.25) is 4.68 Å². The molecular weight excluding hydrogens is 276 g/mol. The van der Waals surface area contributed by atoms with Gasteiger partial charge in [0, 0.05) is 31.0 Å². The van der Waals surface area contributed by atoms with Crippen molar-refractivity contribution in [1.82, 2.24) is 14.7 Å². The van der Waals surface area contributed by atoms with E-state index in [0.717, 1.165) is 17.8 Å². The zero-order valence-corrected chi connectivity index (χ0v) is 13.7. The van der Waals surface area contributed by atoms with E-state index in [1.165, 1.54) is 5.56 Å². The molecule has 2 aromatic rings. The van der Waals surface area contributed by atoms with Crippen LogP contribution in [0, 0.1) is 0 Å². The van der Waals surface area contributed by atoms with E-state index in [2.05, 4.69) is 24.3 Å². The molecule has 0 radical (unpaired) electrons. The quantitative estimate of drug-likeness (QED) is 0.915. The number of urea groups is 1. The molecule has 1 heterocycles. The van der Waals surface area contributed by atoms with E-state index in [4.69, 9.17) is 0 Å². The molecule has 1 aromatic heterocycles. The fraction of sp³-hybridized carbons (Fsp3) is 0.412. The largest absolute Gasteiger partial charge is 0.323 e. The third-order valence-corrected chi connectivity index (χ3v) is 3.61. The highest BCUT2D eigenvalue weighted by Crippen LogP contribution is 2.17. The molecule has 1 aromatic carbocycles. The van der Waals surface area contributed by atoms with Crippen LogP contribution < -0.4 is 5.32 Å². The fourth-order valence-electron chi connectivity index (χ4n) is 2.18. The number of benzene rings is 1. The number of aromatic nitrogens is 2. The summed E-state index contributed by atoms with van der Waals surface area (Å²) in [7, 11) is 1.78. The van der Waals surface area contributed by atoms with Crippen LogP contribution in [0.2, 0.25) is 0 Å². The van der Waals surface area contributed by atoms with Crippen LogP contribution in [0.5, 0.6) is 0 Å². The summed E-state index contributed by atoms with van der Waals surface area (Å²) in [6, 6.07) is 7.85. The first-order valence-corrected chi connectivity index (χ1v) is 7.63. The van der Waals surface area contributed by atoms with Gasteiger partial charge in [-0.15, -0.1) is 0 Å². The number of rotatable bonds is 5. The summed E-state index contributed by atoms with van der Waals surface area (Å²) in [5, 5.41) is 7.12. The van der Waals surface area contributed by atoms with Crippen LogP contribution in [-0.4, -0.2) is 27.8 Å². The monoisotopic (exact) mass is 300 g/mol. The Morgan fingerprint density at radius 2 is 2.00 bits per heavy atom. The molecule has 0 fully saturated rings. The number of hydrogen-bond acceptors (Lipinski definition) is 2. The van der Waals surface area contributed by atoms with Gasteiger partial charge in [-0.05, 0) is 30.5 Å². The highest BCUT2D eigenvalue weighted by Gasteiger charge is 2.10. The lowest BCUT2D eigenvalue weighted by Crippen LogP contribution is -2.30. The average molecular weight is 300 g/mol. The number of carbonyl (C=O) groups is 1. The van der Waals surface area contributed by atoms with Crippen LogP contribution in [0.15, 0.2) is 36.7 Å². The minimum atomic E-state index is -0.124. The lowest BCUT2D eigenvalue weighted by atomic mass is 10.0. The molecule has 0 aliphatic rings. The van der Waals surface area contributed by atoms with Gasteiger partial charge in [-0.1, -0.05) is 26.0 Å². The average Bonchev–Trinajstić information content (AvgIpc) is 2.95. The third-order valence-electron chi connectivity index (χ3n) is 3.61. The molecule has 0 aliphatic heterocycles. The standard InChI is InChI=1S/C17H24N4O/c1-5-21-12-14(10-18-21)11-20(4)17(22)19-16-8-6-15(7-9-16)13(2)3/h6-10,12-13H,5,11H2,1-4H3,(H,19,22). The maximum absolute atomic E-state index is 12.2. The Bertz CT molecular complexity index is 616. The molecule has 0 spiro atoms. The van der Waals surface area contributed by atoms with Crippen LogP contribution in [-0.2, 0) is 13.1 Å². The second-order valence-corrected chi connectivity index (χ2v) is 5.77. The summed E-state index contributed by atoms with van der Waals surface area (Å²) in [5.74, 6) is 0.488. The number of amides is 2. The lowest BCUT2D eigenvalue weighted by Gasteiger charge is -2.17. The maximum Gasteiger partial charge on any atom is 0.321 e. The Kier molecular flexibility index (Phi) is 5.20. The van der Waals surface area contributed by atoms with Crippen molar-refractivity contribution in [1.29, 1.82) is 0 Å². The van der Waals surface area contributed by atoms with E-state index >= 15 is 0 Å². The van der Waals surface area contributed by atoms with Gasteiger partial charge in [0.05, 0.1) is 12.7 Å². The Morgan fingerprint density at radius 1 is 1.32 bits per heavy atom. The Hall–Kier alpha value is -2.30. The molecule has 0 unspecified atom stereocenters. The number of nitrogens with one attached hydrogen (secondary N) is 1. The molecule has 0 aliphatic carbocycles. The van der Waals surface area contributed by atoms with Crippen molar-refractivity contribution in [3.05, 3.63) is 47.8 Å². The SMILES string of the molecule is CCn1cc(CN(C)C(=O)Nc2ccc(C(C)C)cc2)cn1. The van der Waals surface area contributed by atoms with Crippen LogP contribution >= 0.6 is 0 Å². The molecule has 0 bridgehead atoms. The van der Waals surface area contributed by atoms with Crippen molar-refractivity contribution in [3.63, 3.8) is 0 Å². The summed E-state index contributed by atoms with van der Waals surface area (Å²) >= 11 is 0. The predicted octanol–water partition coefficient (Wildman–Crippen LogP) is 3.69. The van der Waals surface area contributed by atoms with E-state index in [1.54, 1.807) is 18.1 Å². The van der Waals surface area contributed by atoms with Crippen molar-refractivity contribution in [2.45, 2.75) is 39.8 Å². The molecule has 118 valence electrons. The molecule has 1 N–H and O–H groups in total. The molecular formula is C17H24N4O. The summed E-state index contributed by atoms with van der Waals surface area (Å²) in [6.07, 6.45) is 3.76. The number of aryl methyl sites for hydroxylation is 1. The highest BCUT2D eigenvalue weighted by atomic mass is 16.2. The van der Waals surface area contributed by atoms with Gasteiger partial charge < -0.3 is 10.2 Å². The first kappa shape index (κ1) is 16.1. The lowest BCUT2D eigenvalue weighted by molar-refractivity contribution is 0.220. The van der Waals surface area contributed by atoms with Crippen molar-refractivity contribution in [2.24, 2.45) is 0 Å². The zero-order valence-electron chi connectivity index (χ0n) is 13.7. The Balaban J connectivity index is 1.93. The molecule has 0 saturated carbocycles. The van der Waals surface area contributed by atoms with Gasteiger partial charge in [0.15, 0.2) is 0 Å². The summed E-state index contributed by atoms with van der Waals surface area (Å²) in [5.41, 5.74) is 3.10. The number of nitrogens with zero attached hydrogens (tertiary/aromatic N) is 3. The summed E-state index contributed by atoms with van der Waals surface area (Å²) in [4.78, 5) is 13.8. The maximum atomic E-state index is 12.2. The van der Waals surface area contributed by atoms with Gasteiger partial charge in [-0.2, -0.15) is 5.10 Å². The molecule has 5 heteroatoms. The van der Waals surface area contributed by atoms with Gasteiger partial charge in [0.1, 0.15) is 0 Å². The van der Waals surface area contributed by atoms with E-state index in [1.807, 2.05) is 42.1 Å². The van der Waals surface area contributed by atoms with Crippen molar-refractivity contribution in [3.8, 4) is 0 Å². The van der Waals surface area contributed by atoms with Crippen LogP contribution in [0.4, 0.5) is 10.5 Å². The minimum Gasteiger partial charge on any atom is -0.323 e. The normalized spacial score (nSPS) is 10.8. The van der Waals surface area contributed by atoms with Gasteiger partial charge in [0.2, 0.25) is 0 Å². The van der Waals surface area contributed by atoms with Gasteiger partial charge >= 0.3 is 6.03 Å². The molecule has 2 rings (SSSR count). The molecule has 0 saturated heterocycles. The summed E-state index contributed by atoms with van der Waals surface area (Å²) < 4.78 is 1.85. The minimum absolute atomic E-state index is 0.124. The fourth-order valence-corrected chi connectivity index (χ4v) is 2.18. The van der Waals surface area contributed by atoms with Crippen molar-refractivity contribution < 1.29 is 4.79 Å². The van der Waals surface area contributed by atoms with E-state index in [9.17, 15) is 4.79 Å². The molecule has 22 heavy (non-hydrogen) atoms. The van der Waals surface area contributed by atoms with Crippen molar-refractivity contribution in [2.75, 3.05) is 12.4 Å². The molecule has 0 atom stereocenters. The Morgan fingerprint density at radius 3 is 2.55 bits per heavy atom. The second-order valence-electron chi connectivity index (χ2n) is 5.77. The third kappa shape index (κ3) is 4.10. The number of hydrogen-bond donors (Lipinski definition) is 1. The highest BCUT2D eigenvalue weighted by molar-refractivity contribution is 5.89. The van der Waals surface area contributed by atoms with Gasteiger partial charge in [-0.25, -0.2) is 4.79 Å². The van der Waals surface area contributed by atoms with Crippen LogP contribution in [0.25, 0.3) is 0 Å². The van der Waals surface area contributed by atoms with E-state index in [0.29, 0.717) is 12.5 Å². The first-order chi connectivity index (χ1) is 10.5. The molecule has 2 amide bonds. The Labute approximate surface area is 131 Å². The van der Waals surface area contributed by atoms with Gasteiger partial charge in [0.25, 0.3) is 0 Å². The first-order valence-electron chi connectivity index (χ1n) is 7.63. The predicted molar refractivity (Wildman–Crippen MR) is 88.9 cm³/mol. The summed E-state index contributed by atoms with van der Waals surface area (Å²) in [6.45, 7) is 7.71. The van der Waals surface area contributed by atoms with Crippen molar-refractivity contribution >= 4 is 11.7 Å². The van der Waals surface area contributed by atoms with Crippen LogP contribution in [0.1, 0.15) is 37.8 Å². The second kappa shape index (κ2) is 7.11. The molecule has 5 nitrogen and oxygen atoms in total. The van der Waals surface area contributed by atoms with E-state index in [-0.39, 0.29) is 6.03 Å². The van der Waals surface area contributed by atoms with Crippen LogP contribution in [0.3, 0.4) is 0 Å². The number of carbonyl (C=O) groups excluding carboxylic acids is 1. The van der Waals surface area contributed by atoms with E-state index < -0.39 is 0 Å². The smallest absolute Gasteiger partial charge is 0.321 e. The topological polar surface area (TPSA) is 50.2 Å².